The number of nitrogens with one attached hydrogen (secondary N) is 2. The number of aliphatic carboxylic acids is 1. The van der Waals surface area contributed by atoms with Crippen LogP contribution in [-0.4, -0.2) is 68.1 Å². The number of amides is 3. The molecule has 0 aliphatic carbocycles. The molecule has 15 heteroatoms. The van der Waals surface area contributed by atoms with Gasteiger partial charge in [0.1, 0.15) is 12.4 Å². The Labute approximate surface area is 266 Å². The first-order valence-electron chi connectivity index (χ1n) is 14.2. The highest BCUT2D eigenvalue weighted by molar-refractivity contribution is 5.98. The van der Waals surface area contributed by atoms with Crippen molar-refractivity contribution in [2.24, 2.45) is 11.8 Å². The van der Waals surface area contributed by atoms with Gasteiger partial charge >= 0.3 is 12.1 Å². The summed E-state index contributed by atoms with van der Waals surface area (Å²) in [4.78, 5) is 57.4. The number of aromatic nitrogens is 2. The van der Waals surface area contributed by atoms with Gasteiger partial charge in [-0.05, 0) is 61.9 Å². The van der Waals surface area contributed by atoms with Crippen LogP contribution in [0.1, 0.15) is 28.0 Å². The van der Waals surface area contributed by atoms with Crippen LogP contribution < -0.4 is 15.5 Å². The molecule has 0 radical (unpaired) electrons. The van der Waals surface area contributed by atoms with Gasteiger partial charge in [-0.15, -0.1) is 0 Å². The summed E-state index contributed by atoms with van der Waals surface area (Å²) in [6.07, 6.45) is -1.78. The highest BCUT2D eigenvalue weighted by Gasteiger charge is 2.40. The SMILES string of the molecule is Cc1cc(COc2ccc(NC(=O)[C@H]3CCN(C(=O)c4ccncc4)C[C@@H]3C(=O)NO)cc2)c2ccccc2n1.O=C(O)C(F)(F)F. The minimum absolute atomic E-state index is 0.00156. The van der Waals surface area contributed by atoms with Gasteiger partial charge < -0.3 is 20.1 Å². The summed E-state index contributed by atoms with van der Waals surface area (Å²) in [6.45, 7) is 2.61. The molecule has 2 aromatic heterocycles. The number of carboxylic acids is 1. The molecule has 2 aromatic carbocycles. The molecule has 1 aliphatic heterocycles. The molecule has 3 amide bonds. The highest BCUT2D eigenvalue weighted by atomic mass is 19.4. The summed E-state index contributed by atoms with van der Waals surface area (Å²) in [5.41, 5.74) is 5.49. The Morgan fingerprint density at radius 1 is 0.979 bits per heavy atom. The zero-order valence-electron chi connectivity index (χ0n) is 24.9. The number of aryl methyl sites for hydroxylation is 1. The first-order valence-corrected chi connectivity index (χ1v) is 14.2. The van der Waals surface area contributed by atoms with Crippen LogP contribution in [0.4, 0.5) is 18.9 Å². The van der Waals surface area contributed by atoms with Gasteiger partial charge in [0, 0.05) is 53.4 Å². The second-order valence-electron chi connectivity index (χ2n) is 10.5. The summed E-state index contributed by atoms with van der Waals surface area (Å²) < 4.78 is 37.7. The van der Waals surface area contributed by atoms with Gasteiger partial charge in [-0.3, -0.25) is 29.6 Å². The van der Waals surface area contributed by atoms with Crippen LogP contribution in [0.15, 0.2) is 79.1 Å². The number of alkyl halides is 3. The lowest BCUT2D eigenvalue weighted by atomic mass is 9.83. The van der Waals surface area contributed by atoms with Gasteiger partial charge in [-0.25, -0.2) is 10.3 Å². The molecule has 0 unspecified atom stereocenters. The first kappa shape index (κ1) is 34.3. The van der Waals surface area contributed by atoms with E-state index < -0.39 is 29.9 Å². The van der Waals surface area contributed by atoms with Crippen molar-refractivity contribution in [3.05, 3.63) is 95.9 Å². The average molecular weight is 654 g/mol. The maximum absolute atomic E-state index is 13.2. The van der Waals surface area contributed by atoms with E-state index in [0.717, 1.165) is 22.2 Å². The van der Waals surface area contributed by atoms with Gasteiger partial charge in [0.15, 0.2) is 0 Å². The zero-order chi connectivity index (χ0) is 34.1. The van der Waals surface area contributed by atoms with E-state index in [1.807, 2.05) is 37.3 Å². The van der Waals surface area contributed by atoms with E-state index >= 15 is 0 Å². The van der Waals surface area contributed by atoms with Crippen LogP contribution in [0.2, 0.25) is 0 Å². The predicted molar refractivity (Wildman–Crippen MR) is 161 cm³/mol. The van der Waals surface area contributed by atoms with Crippen molar-refractivity contribution in [1.29, 1.82) is 0 Å². The van der Waals surface area contributed by atoms with Gasteiger partial charge in [0.05, 0.1) is 17.4 Å². The second-order valence-corrected chi connectivity index (χ2v) is 10.5. The summed E-state index contributed by atoms with van der Waals surface area (Å²) in [5.74, 6) is -5.10. The van der Waals surface area contributed by atoms with Gasteiger partial charge in [-0.2, -0.15) is 13.2 Å². The minimum atomic E-state index is -5.08. The number of carboxylic acid groups (broad SMARTS) is 1. The number of hydrogen-bond donors (Lipinski definition) is 4. The standard InChI is InChI=1S/C30H29N5O5.C2HF3O2/c1-19-16-21(24-4-2-3-5-27(24)32-19)18-40-23-8-6-22(7-9-23)33-28(36)25-12-15-35(17-26(25)29(37)34-39)30(38)20-10-13-31-14-11-20;3-2(4,5)1(6)7/h2-11,13-14,16,25-26,39H,12,15,17-18H2,1H3,(H,33,36)(H,34,37);(H,6,7)/t25-,26-;/m0./s1. The molecule has 0 bridgehead atoms. The number of pyridine rings is 2. The van der Waals surface area contributed by atoms with Crippen molar-refractivity contribution in [2.45, 2.75) is 26.1 Å². The van der Waals surface area contributed by atoms with Crippen LogP contribution >= 0.6 is 0 Å². The van der Waals surface area contributed by atoms with Crippen molar-refractivity contribution in [3.63, 3.8) is 0 Å². The number of benzene rings is 2. The fourth-order valence-electron chi connectivity index (χ4n) is 5.02. The van der Waals surface area contributed by atoms with Crippen molar-refractivity contribution < 1.29 is 47.4 Å². The molecule has 2 atom stereocenters. The van der Waals surface area contributed by atoms with Gasteiger partial charge in [-0.1, -0.05) is 18.2 Å². The molecule has 5 rings (SSSR count). The average Bonchev–Trinajstić information content (AvgIpc) is 3.07. The van der Waals surface area contributed by atoms with E-state index in [1.165, 1.54) is 17.3 Å². The number of hydroxylamine groups is 1. The molecule has 246 valence electrons. The number of para-hydroxylation sites is 1. The van der Waals surface area contributed by atoms with Crippen molar-refractivity contribution in [2.75, 3.05) is 18.4 Å². The Hall–Kier alpha value is -5.57. The Balaban J connectivity index is 0.000000644. The Kier molecular flexibility index (Phi) is 11.1. The van der Waals surface area contributed by atoms with Gasteiger partial charge in [0.2, 0.25) is 11.8 Å². The lowest BCUT2D eigenvalue weighted by Gasteiger charge is -2.36. The minimum Gasteiger partial charge on any atom is -0.489 e. The number of likely N-dealkylation sites (tertiary alicyclic amines) is 1. The van der Waals surface area contributed by atoms with E-state index in [-0.39, 0.29) is 24.8 Å². The summed E-state index contributed by atoms with van der Waals surface area (Å²) >= 11 is 0. The number of halogens is 3. The maximum Gasteiger partial charge on any atom is 0.490 e. The molecule has 0 saturated carbocycles. The molecule has 4 N–H and O–H groups in total. The van der Waals surface area contributed by atoms with Crippen LogP contribution in [0, 0.1) is 18.8 Å². The normalized spacial score (nSPS) is 16.0. The third-order valence-corrected chi connectivity index (χ3v) is 7.30. The molecule has 47 heavy (non-hydrogen) atoms. The monoisotopic (exact) mass is 653 g/mol. The van der Waals surface area contributed by atoms with E-state index in [2.05, 4.69) is 15.3 Å². The zero-order valence-corrected chi connectivity index (χ0v) is 24.9. The summed E-state index contributed by atoms with van der Waals surface area (Å²) in [5, 5.41) is 20.3. The number of nitrogens with zero attached hydrogens (tertiary/aromatic N) is 3. The Bertz CT molecular complexity index is 1740. The van der Waals surface area contributed by atoms with E-state index in [0.29, 0.717) is 30.2 Å². The third kappa shape index (κ3) is 9.00. The lowest BCUT2D eigenvalue weighted by Crippen LogP contribution is -2.52. The molecule has 12 nitrogen and oxygen atoms in total. The third-order valence-electron chi connectivity index (χ3n) is 7.30. The van der Waals surface area contributed by atoms with Crippen molar-refractivity contribution in [1.82, 2.24) is 20.3 Å². The second kappa shape index (κ2) is 15.1. The topological polar surface area (TPSA) is 171 Å². The quantitative estimate of drug-likeness (QED) is 0.167. The van der Waals surface area contributed by atoms with Crippen LogP contribution in [0.3, 0.4) is 0 Å². The lowest BCUT2D eigenvalue weighted by molar-refractivity contribution is -0.192. The van der Waals surface area contributed by atoms with Crippen LogP contribution in [-0.2, 0) is 21.0 Å². The van der Waals surface area contributed by atoms with Crippen molar-refractivity contribution in [3.8, 4) is 5.75 Å². The van der Waals surface area contributed by atoms with Crippen LogP contribution in [0.5, 0.6) is 5.75 Å². The number of ether oxygens (including phenoxy) is 1. The summed E-state index contributed by atoms with van der Waals surface area (Å²) in [6, 6.07) is 20.1. The number of carbonyl (C=O) groups is 4. The number of anilines is 1. The fourth-order valence-corrected chi connectivity index (χ4v) is 5.02. The molecule has 4 aromatic rings. The molecule has 1 aliphatic rings. The molecule has 1 fully saturated rings. The molecule has 1 saturated heterocycles. The molecular formula is C32H30F3N5O7. The smallest absolute Gasteiger partial charge is 0.489 e. The van der Waals surface area contributed by atoms with Crippen LogP contribution in [0.25, 0.3) is 10.9 Å². The number of piperidine rings is 1. The largest absolute Gasteiger partial charge is 0.490 e. The maximum atomic E-state index is 13.2. The number of carbonyl (C=O) groups excluding carboxylic acids is 3. The fraction of sp³-hybridized carbons (Fsp3) is 0.250. The predicted octanol–water partition coefficient (Wildman–Crippen LogP) is 4.37. The van der Waals surface area contributed by atoms with E-state index in [9.17, 15) is 32.8 Å². The number of rotatable bonds is 7. The molecule has 3 heterocycles. The Morgan fingerprint density at radius 2 is 1.64 bits per heavy atom. The van der Waals surface area contributed by atoms with Crippen molar-refractivity contribution >= 4 is 40.3 Å². The highest BCUT2D eigenvalue weighted by Crippen LogP contribution is 2.28. The summed E-state index contributed by atoms with van der Waals surface area (Å²) in [7, 11) is 0. The van der Waals surface area contributed by atoms with E-state index in [4.69, 9.17) is 14.6 Å². The van der Waals surface area contributed by atoms with Gasteiger partial charge in [0.25, 0.3) is 5.91 Å². The first-order chi connectivity index (χ1) is 22.4. The number of hydrogen-bond acceptors (Lipinski definition) is 8. The Morgan fingerprint density at radius 3 is 2.28 bits per heavy atom. The van der Waals surface area contributed by atoms with E-state index in [1.54, 1.807) is 41.9 Å². The molecular weight excluding hydrogens is 623 g/mol. The number of fused-ring (bicyclic) bond motifs is 1. The molecule has 0 spiro atoms.